The Labute approximate surface area is 148 Å². The minimum Gasteiger partial charge on any atom is -0.379 e. The van der Waals surface area contributed by atoms with Gasteiger partial charge in [-0.1, -0.05) is 6.92 Å². The third kappa shape index (κ3) is 7.84. The van der Waals surface area contributed by atoms with Crippen LogP contribution in [0.15, 0.2) is 4.99 Å². The second-order valence-corrected chi connectivity index (χ2v) is 7.65. The topological polar surface area (TPSA) is 40.1 Å². The van der Waals surface area contributed by atoms with Gasteiger partial charge in [-0.25, -0.2) is 0 Å². The molecule has 0 amide bonds. The van der Waals surface area contributed by atoms with E-state index in [1.165, 1.54) is 58.2 Å². The Bertz CT molecular complexity index is 362. The first-order chi connectivity index (χ1) is 11.7. The number of nitrogens with zero attached hydrogens (tertiary/aromatic N) is 3. The zero-order valence-electron chi connectivity index (χ0n) is 16.1. The molecule has 1 aliphatic heterocycles. The second kappa shape index (κ2) is 10.9. The zero-order valence-corrected chi connectivity index (χ0v) is 16.1. The van der Waals surface area contributed by atoms with Gasteiger partial charge in [0.15, 0.2) is 5.96 Å². The summed E-state index contributed by atoms with van der Waals surface area (Å²) < 4.78 is 5.71. The molecule has 0 bridgehead atoms. The highest BCUT2D eigenvalue weighted by molar-refractivity contribution is 5.79. The van der Waals surface area contributed by atoms with Crippen molar-refractivity contribution in [2.75, 3.05) is 60.0 Å². The Morgan fingerprint density at radius 1 is 1.21 bits per heavy atom. The van der Waals surface area contributed by atoms with Crippen LogP contribution < -0.4 is 5.32 Å². The summed E-state index contributed by atoms with van der Waals surface area (Å²) in [6.45, 7) is 9.84. The van der Waals surface area contributed by atoms with Crippen LogP contribution in [0.3, 0.4) is 0 Å². The van der Waals surface area contributed by atoms with Crippen LogP contribution in [-0.4, -0.2) is 75.8 Å². The number of hydrogen-bond acceptors (Lipinski definition) is 3. The van der Waals surface area contributed by atoms with Crippen molar-refractivity contribution in [3.8, 4) is 0 Å². The summed E-state index contributed by atoms with van der Waals surface area (Å²) in [5.74, 6) is 2.75. The first kappa shape index (κ1) is 19.5. The first-order valence-corrected chi connectivity index (χ1v) is 9.91. The second-order valence-electron chi connectivity index (χ2n) is 7.65. The van der Waals surface area contributed by atoms with Gasteiger partial charge in [0.05, 0.1) is 6.61 Å². The fourth-order valence-corrected chi connectivity index (χ4v) is 3.17. The van der Waals surface area contributed by atoms with Crippen molar-refractivity contribution in [1.82, 2.24) is 15.1 Å². The number of aliphatic imine (C=N–C) groups is 1. The standard InChI is InChI=1S/C19H38N4O/c1-17-8-12-23(13-9-17)11-5-4-10-21-19(20-2)22(3)14-15-24-16-18-6-7-18/h17-18H,4-16H2,1-3H3,(H,20,21). The molecule has 0 radical (unpaired) electrons. The molecule has 140 valence electrons. The smallest absolute Gasteiger partial charge is 0.193 e. The predicted octanol–water partition coefficient (Wildman–Crippen LogP) is 2.43. The molecule has 1 heterocycles. The Kier molecular flexibility index (Phi) is 8.89. The van der Waals surface area contributed by atoms with Gasteiger partial charge in [0.25, 0.3) is 0 Å². The summed E-state index contributed by atoms with van der Waals surface area (Å²) in [5.41, 5.74) is 0. The van der Waals surface area contributed by atoms with Crippen molar-refractivity contribution in [1.29, 1.82) is 0 Å². The number of hydrogen-bond donors (Lipinski definition) is 1. The van der Waals surface area contributed by atoms with Crippen LogP contribution in [0.5, 0.6) is 0 Å². The predicted molar refractivity (Wildman–Crippen MR) is 102 cm³/mol. The van der Waals surface area contributed by atoms with E-state index in [1.54, 1.807) is 0 Å². The Balaban J connectivity index is 1.47. The Hall–Kier alpha value is -0.810. The number of ether oxygens (including phenoxy) is 1. The minimum atomic E-state index is 0.793. The van der Waals surface area contributed by atoms with Crippen LogP contribution in [0.1, 0.15) is 45.4 Å². The molecule has 0 spiro atoms. The summed E-state index contributed by atoms with van der Waals surface area (Å²) in [6.07, 6.45) is 7.94. The quantitative estimate of drug-likeness (QED) is 0.377. The Morgan fingerprint density at radius 2 is 1.96 bits per heavy atom. The maximum Gasteiger partial charge on any atom is 0.193 e. The minimum absolute atomic E-state index is 0.793. The number of nitrogens with one attached hydrogen (secondary N) is 1. The normalized spacial score (nSPS) is 20.4. The van der Waals surface area contributed by atoms with Crippen molar-refractivity contribution in [2.24, 2.45) is 16.8 Å². The van der Waals surface area contributed by atoms with Gasteiger partial charge >= 0.3 is 0 Å². The number of guanidine groups is 1. The van der Waals surface area contributed by atoms with E-state index in [4.69, 9.17) is 4.74 Å². The molecule has 0 atom stereocenters. The third-order valence-electron chi connectivity index (χ3n) is 5.26. The van der Waals surface area contributed by atoms with Crippen LogP contribution in [-0.2, 0) is 4.74 Å². The van der Waals surface area contributed by atoms with Crippen LogP contribution in [0.4, 0.5) is 0 Å². The van der Waals surface area contributed by atoms with Crippen molar-refractivity contribution in [3.05, 3.63) is 0 Å². The molecule has 1 saturated carbocycles. The van der Waals surface area contributed by atoms with E-state index >= 15 is 0 Å². The van der Waals surface area contributed by atoms with Crippen molar-refractivity contribution in [2.45, 2.75) is 45.4 Å². The van der Waals surface area contributed by atoms with Gasteiger partial charge in [-0.3, -0.25) is 4.99 Å². The van der Waals surface area contributed by atoms with Crippen molar-refractivity contribution >= 4 is 5.96 Å². The van der Waals surface area contributed by atoms with Crippen LogP contribution in [0.25, 0.3) is 0 Å². The van der Waals surface area contributed by atoms with Gasteiger partial charge in [0, 0.05) is 33.8 Å². The lowest BCUT2D eigenvalue weighted by atomic mass is 9.99. The number of piperidine rings is 1. The van der Waals surface area contributed by atoms with E-state index in [0.29, 0.717) is 0 Å². The van der Waals surface area contributed by atoms with E-state index in [0.717, 1.165) is 44.1 Å². The van der Waals surface area contributed by atoms with Gasteiger partial charge in [0.2, 0.25) is 0 Å². The molecule has 5 heteroatoms. The SMILES string of the molecule is CN=C(NCCCCN1CCC(C)CC1)N(C)CCOCC1CC1. The summed E-state index contributed by atoms with van der Waals surface area (Å²) in [6, 6.07) is 0. The van der Waals surface area contributed by atoms with Crippen LogP contribution >= 0.6 is 0 Å². The molecule has 0 aromatic rings. The van der Waals surface area contributed by atoms with Gasteiger partial charge in [0.1, 0.15) is 0 Å². The van der Waals surface area contributed by atoms with E-state index < -0.39 is 0 Å². The number of likely N-dealkylation sites (tertiary alicyclic amines) is 1. The third-order valence-corrected chi connectivity index (χ3v) is 5.26. The van der Waals surface area contributed by atoms with Crippen molar-refractivity contribution < 1.29 is 4.74 Å². The van der Waals surface area contributed by atoms with Gasteiger partial charge < -0.3 is 19.9 Å². The molecular formula is C19H38N4O. The fourth-order valence-electron chi connectivity index (χ4n) is 3.17. The van der Waals surface area contributed by atoms with E-state index in [2.05, 4.69) is 34.1 Å². The summed E-state index contributed by atoms with van der Waals surface area (Å²) in [4.78, 5) is 9.16. The first-order valence-electron chi connectivity index (χ1n) is 9.91. The van der Waals surface area contributed by atoms with Gasteiger partial charge in [-0.2, -0.15) is 0 Å². The molecule has 0 aromatic heterocycles. The van der Waals surface area contributed by atoms with Gasteiger partial charge in [-0.05, 0) is 70.0 Å². The van der Waals surface area contributed by atoms with E-state index in [1.807, 2.05) is 7.05 Å². The molecule has 2 fully saturated rings. The highest BCUT2D eigenvalue weighted by Crippen LogP contribution is 2.28. The van der Waals surface area contributed by atoms with E-state index in [-0.39, 0.29) is 0 Å². The number of rotatable bonds is 10. The summed E-state index contributed by atoms with van der Waals surface area (Å²) >= 11 is 0. The maximum atomic E-state index is 5.71. The molecule has 1 N–H and O–H groups in total. The molecule has 2 rings (SSSR count). The molecule has 2 aliphatic rings. The highest BCUT2D eigenvalue weighted by atomic mass is 16.5. The molecule has 0 unspecified atom stereocenters. The average Bonchev–Trinajstić information content (AvgIpc) is 3.41. The maximum absolute atomic E-state index is 5.71. The fraction of sp³-hybridized carbons (Fsp3) is 0.947. The highest BCUT2D eigenvalue weighted by Gasteiger charge is 2.21. The lowest BCUT2D eigenvalue weighted by Crippen LogP contribution is -2.41. The molecule has 1 saturated heterocycles. The zero-order chi connectivity index (χ0) is 17.2. The molecule has 1 aliphatic carbocycles. The number of unbranched alkanes of at least 4 members (excludes halogenated alkanes) is 1. The summed E-state index contributed by atoms with van der Waals surface area (Å²) in [7, 11) is 3.95. The molecule has 5 nitrogen and oxygen atoms in total. The largest absolute Gasteiger partial charge is 0.379 e. The Morgan fingerprint density at radius 3 is 2.62 bits per heavy atom. The molecular weight excluding hydrogens is 300 g/mol. The average molecular weight is 339 g/mol. The number of likely N-dealkylation sites (N-methyl/N-ethyl adjacent to an activating group) is 1. The van der Waals surface area contributed by atoms with Crippen molar-refractivity contribution in [3.63, 3.8) is 0 Å². The van der Waals surface area contributed by atoms with Crippen LogP contribution in [0.2, 0.25) is 0 Å². The van der Waals surface area contributed by atoms with Crippen LogP contribution in [0, 0.1) is 11.8 Å². The van der Waals surface area contributed by atoms with E-state index in [9.17, 15) is 0 Å². The molecule has 0 aromatic carbocycles. The summed E-state index contributed by atoms with van der Waals surface area (Å²) in [5, 5.41) is 3.48. The lowest BCUT2D eigenvalue weighted by molar-refractivity contribution is 0.115. The lowest BCUT2D eigenvalue weighted by Gasteiger charge is -2.30. The monoisotopic (exact) mass is 338 g/mol. The van der Waals surface area contributed by atoms with Gasteiger partial charge in [-0.15, -0.1) is 0 Å². The molecule has 24 heavy (non-hydrogen) atoms.